The minimum absolute atomic E-state index is 0.523. The highest BCUT2D eigenvalue weighted by atomic mass is 32.1. The van der Waals surface area contributed by atoms with E-state index in [0.29, 0.717) is 23.1 Å². The van der Waals surface area contributed by atoms with Gasteiger partial charge in [0.2, 0.25) is 5.95 Å². The normalized spacial score (nSPS) is 23.7. The zero-order valence-electron chi connectivity index (χ0n) is 16.4. The van der Waals surface area contributed by atoms with Gasteiger partial charge in [0.25, 0.3) is 0 Å². The van der Waals surface area contributed by atoms with Crippen molar-refractivity contribution in [3.63, 3.8) is 0 Å². The predicted octanol–water partition coefficient (Wildman–Crippen LogP) is 3.68. The number of thiocarbonyl (C=S) groups is 1. The van der Waals surface area contributed by atoms with E-state index in [9.17, 15) is 0 Å². The molecule has 0 amide bonds. The van der Waals surface area contributed by atoms with Gasteiger partial charge in [-0.15, -0.1) is 0 Å². The van der Waals surface area contributed by atoms with Gasteiger partial charge in [0, 0.05) is 37.8 Å². The van der Waals surface area contributed by atoms with Crippen LogP contribution in [-0.2, 0) is 0 Å². The number of rotatable bonds is 4. The molecule has 3 heterocycles. The monoisotopic (exact) mass is 388 g/mol. The molecular weight excluding hydrogens is 356 g/mol. The van der Waals surface area contributed by atoms with Crippen molar-refractivity contribution >= 4 is 34.9 Å². The highest BCUT2D eigenvalue weighted by molar-refractivity contribution is 7.80. The Bertz CT molecular complexity index is 654. The van der Waals surface area contributed by atoms with E-state index >= 15 is 0 Å². The number of nitrogens with one attached hydrogen (secondary N) is 2. The molecule has 1 atom stereocenters. The summed E-state index contributed by atoms with van der Waals surface area (Å²) < 4.78 is 0. The Kier molecular flexibility index (Phi) is 5.95. The molecule has 1 aromatic rings. The zero-order valence-corrected chi connectivity index (χ0v) is 17.2. The molecule has 2 aliphatic heterocycles. The number of piperidine rings is 1. The van der Waals surface area contributed by atoms with Crippen molar-refractivity contribution in [2.45, 2.75) is 76.8 Å². The third-order valence-corrected chi connectivity index (χ3v) is 6.08. The lowest BCUT2D eigenvalue weighted by Gasteiger charge is -2.35. The standard InChI is InChI=1S/C20H32N6S/c1-15-8-4-7-13-26(15)18-14-17(25-11-5-2-3-6-12-25)22-19(23-18)24-20(27)21-16-9-10-16/h14-16H,2-13H2,1H3,(H2,21,22,23,24,27). The third kappa shape index (κ3) is 5.00. The van der Waals surface area contributed by atoms with Gasteiger partial charge in [-0.2, -0.15) is 9.97 Å². The fourth-order valence-corrected chi connectivity index (χ4v) is 4.33. The Morgan fingerprint density at radius 3 is 2.37 bits per heavy atom. The highest BCUT2D eigenvalue weighted by Gasteiger charge is 2.24. The van der Waals surface area contributed by atoms with Gasteiger partial charge < -0.3 is 20.4 Å². The third-order valence-electron chi connectivity index (χ3n) is 5.86. The fraction of sp³-hybridized carbons (Fsp3) is 0.750. The van der Waals surface area contributed by atoms with Crippen LogP contribution >= 0.6 is 12.2 Å². The van der Waals surface area contributed by atoms with Crippen LogP contribution in [0.2, 0.25) is 0 Å². The molecule has 27 heavy (non-hydrogen) atoms. The lowest BCUT2D eigenvalue weighted by Crippen LogP contribution is -2.38. The van der Waals surface area contributed by atoms with Crippen LogP contribution in [0.4, 0.5) is 17.6 Å². The van der Waals surface area contributed by atoms with Gasteiger partial charge >= 0.3 is 0 Å². The maximum Gasteiger partial charge on any atom is 0.232 e. The number of nitrogens with zero attached hydrogens (tertiary/aromatic N) is 4. The van der Waals surface area contributed by atoms with E-state index in [1.807, 2.05) is 0 Å². The molecule has 1 saturated carbocycles. The lowest BCUT2D eigenvalue weighted by atomic mass is 10.0. The molecule has 4 rings (SSSR count). The molecule has 3 fully saturated rings. The Balaban J connectivity index is 1.58. The first kappa shape index (κ1) is 18.7. The first-order valence-electron chi connectivity index (χ1n) is 10.7. The summed E-state index contributed by atoms with van der Waals surface area (Å²) in [6, 6.07) is 3.24. The molecule has 0 aromatic carbocycles. The molecule has 2 N–H and O–H groups in total. The summed E-state index contributed by atoms with van der Waals surface area (Å²) in [5, 5.41) is 7.22. The molecule has 148 valence electrons. The van der Waals surface area contributed by atoms with Gasteiger partial charge in [-0.3, -0.25) is 0 Å². The molecule has 0 radical (unpaired) electrons. The van der Waals surface area contributed by atoms with Crippen LogP contribution < -0.4 is 20.4 Å². The SMILES string of the molecule is CC1CCCCN1c1cc(N2CCCCCC2)nc(NC(=S)NC2CC2)n1. The number of anilines is 3. The van der Waals surface area contributed by atoms with E-state index in [-0.39, 0.29) is 0 Å². The Hall–Kier alpha value is -1.63. The van der Waals surface area contributed by atoms with E-state index in [0.717, 1.165) is 31.3 Å². The van der Waals surface area contributed by atoms with Crippen molar-refractivity contribution in [3.05, 3.63) is 6.07 Å². The van der Waals surface area contributed by atoms with Crippen molar-refractivity contribution in [3.8, 4) is 0 Å². The van der Waals surface area contributed by atoms with Gasteiger partial charge in [-0.25, -0.2) is 0 Å². The van der Waals surface area contributed by atoms with Crippen LogP contribution in [0.5, 0.6) is 0 Å². The molecule has 1 aromatic heterocycles. The summed E-state index contributed by atoms with van der Waals surface area (Å²) in [5.41, 5.74) is 0. The summed E-state index contributed by atoms with van der Waals surface area (Å²) >= 11 is 5.47. The van der Waals surface area contributed by atoms with E-state index in [2.05, 4.69) is 33.4 Å². The average Bonchev–Trinajstić information content (AvgIpc) is 3.48. The Labute approximate surface area is 168 Å². The molecule has 2 saturated heterocycles. The molecule has 0 spiro atoms. The zero-order chi connectivity index (χ0) is 18.6. The lowest BCUT2D eigenvalue weighted by molar-refractivity contribution is 0.481. The molecule has 7 heteroatoms. The highest BCUT2D eigenvalue weighted by Crippen LogP contribution is 2.28. The topological polar surface area (TPSA) is 56.3 Å². The van der Waals surface area contributed by atoms with Gasteiger partial charge in [-0.1, -0.05) is 12.8 Å². The molecule has 0 bridgehead atoms. The number of hydrogen-bond acceptors (Lipinski definition) is 5. The summed E-state index contributed by atoms with van der Waals surface area (Å²) in [5.74, 6) is 2.70. The van der Waals surface area contributed by atoms with E-state index < -0.39 is 0 Å². The van der Waals surface area contributed by atoms with Crippen molar-refractivity contribution in [1.82, 2.24) is 15.3 Å². The van der Waals surface area contributed by atoms with Crippen molar-refractivity contribution in [2.75, 3.05) is 34.8 Å². The molecule has 1 unspecified atom stereocenters. The number of hydrogen-bond donors (Lipinski definition) is 2. The van der Waals surface area contributed by atoms with Crippen LogP contribution in [0.1, 0.15) is 64.7 Å². The van der Waals surface area contributed by atoms with Gasteiger partial charge in [0.15, 0.2) is 5.11 Å². The molecule has 3 aliphatic rings. The summed E-state index contributed by atoms with van der Waals surface area (Å²) in [7, 11) is 0. The first-order chi connectivity index (χ1) is 13.2. The van der Waals surface area contributed by atoms with Crippen LogP contribution in [0.15, 0.2) is 6.07 Å². The van der Waals surface area contributed by atoms with Gasteiger partial charge in [0.1, 0.15) is 11.6 Å². The van der Waals surface area contributed by atoms with E-state index in [4.69, 9.17) is 22.2 Å². The Morgan fingerprint density at radius 1 is 0.963 bits per heavy atom. The minimum atomic E-state index is 0.523. The van der Waals surface area contributed by atoms with Crippen molar-refractivity contribution < 1.29 is 0 Å². The first-order valence-corrected chi connectivity index (χ1v) is 11.1. The maximum atomic E-state index is 5.47. The number of aromatic nitrogens is 2. The average molecular weight is 389 g/mol. The summed E-state index contributed by atoms with van der Waals surface area (Å²) in [4.78, 5) is 14.5. The van der Waals surface area contributed by atoms with Crippen molar-refractivity contribution in [1.29, 1.82) is 0 Å². The predicted molar refractivity (Wildman–Crippen MR) is 116 cm³/mol. The maximum absolute atomic E-state index is 5.47. The van der Waals surface area contributed by atoms with Crippen LogP contribution in [0, 0.1) is 0 Å². The quantitative estimate of drug-likeness (QED) is 0.763. The minimum Gasteiger partial charge on any atom is -0.360 e. The van der Waals surface area contributed by atoms with Gasteiger partial charge in [-0.05, 0) is 64.1 Å². The van der Waals surface area contributed by atoms with Crippen LogP contribution in [-0.4, -0.2) is 46.8 Å². The molecular formula is C20H32N6S. The molecule has 1 aliphatic carbocycles. The smallest absolute Gasteiger partial charge is 0.232 e. The van der Waals surface area contributed by atoms with Crippen LogP contribution in [0.25, 0.3) is 0 Å². The van der Waals surface area contributed by atoms with Crippen molar-refractivity contribution in [2.24, 2.45) is 0 Å². The second-order valence-corrected chi connectivity index (χ2v) is 8.63. The second kappa shape index (κ2) is 8.59. The largest absolute Gasteiger partial charge is 0.360 e. The van der Waals surface area contributed by atoms with Crippen LogP contribution in [0.3, 0.4) is 0 Å². The second-order valence-electron chi connectivity index (χ2n) is 8.22. The van der Waals surface area contributed by atoms with E-state index in [1.165, 1.54) is 57.8 Å². The Morgan fingerprint density at radius 2 is 1.67 bits per heavy atom. The fourth-order valence-electron chi connectivity index (χ4n) is 4.08. The molecule has 6 nitrogen and oxygen atoms in total. The summed E-state index contributed by atoms with van der Waals surface area (Å²) in [6.07, 6.45) is 11.3. The van der Waals surface area contributed by atoms with E-state index in [1.54, 1.807) is 0 Å². The summed E-state index contributed by atoms with van der Waals surface area (Å²) in [6.45, 7) is 5.54. The van der Waals surface area contributed by atoms with Gasteiger partial charge in [0.05, 0.1) is 0 Å².